The summed E-state index contributed by atoms with van der Waals surface area (Å²) in [5.41, 5.74) is 0.753. The molecule has 1 aromatic rings. The molecule has 1 fully saturated rings. The van der Waals surface area contributed by atoms with Crippen LogP contribution in [0.3, 0.4) is 0 Å². The first-order valence-corrected chi connectivity index (χ1v) is 9.80. The van der Waals surface area contributed by atoms with Crippen molar-refractivity contribution in [1.29, 1.82) is 0 Å². The highest BCUT2D eigenvalue weighted by Crippen LogP contribution is 2.29. The van der Waals surface area contributed by atoms with E-state index < -0.39 is 0 Å². The number of aromatic hydroxyl groups is 1. The molecule has 1 saturated heterocycles. The number of phenols is 1. The number of para-hydroxylation sites is 1. The summed E-state index contributed by atoms with van der Waals surface area (Å²) < 4.78 is 5.16. The number of hydrogen-bond acceptors (Lipinski definition) is 4. The Labute approximate surface area is 157 Å². The molecule has 3 N–H and O–H groups in total. The van der Waals surface area contributed by atoms with E-state index in [2.05, 4.69) is 34.4 Å². The van der Waals surface area contributed by atoms with Crippen LogP contribution in [0.25, 0.3) is 0 Å². The summed E-state index contributed by atoms with van der Waals surface area (Å²) >= 11 is 0. The van der Waals surface area contributed by atoms with Crippen molar-refractivity contribution in [3.8, 4) is 11.5 Å². The van der Waals surface area contributed by atoms with Crippen molar-refractivity contribution in [3.05, 3.63) is 23.8 Å². The number of aliphatic imine (C=N–C) groups is 1. The van der Waals surface area contributed by atoms with Crippen LogP contribution >= 0.6 is 0 Å². The number of phenolic OH excluding ortho intramolecular Hbond substituents is 1. The fourth-order valence-electron chi connectivity index (χ4n) is 3.50. The quantitative estimate of drug-likeness (QED) is 0.490. The zero-order valence-corrected chi connectivity index (χ0v) is 16.4. The molecule has 1 aromatic carbocycles. The Morgan fingerprint density at radius 2 is 2.15 bits per heavy atom. The fourth-order valence-corrected chi connectivity index (χ4v) is 3.50. The van der Waals surface area contributed by atoms with Crippen LogP contribution in [0.2, 0.25) is 0 Å². The lowest BCUT2D eigenvalue weighted by atomic mass is 10.0. The van der Waals surface area contributed by atoms with Gasteiger partial charge in [0.25, 0.3) is 0 Å². The van der Waals surface area contributed by atoms with E-state index in [4.69, 9.17) is 4.74 Å². The highest BCUT2D eigenvalue weighted by molar-refractivity contribution is 5.79. The average Bonchev–Trinajstić information content (AvgIpc) is 2.67. The number of rotatable bonds is 8. The Morgan fingerprint density at radius 3 is 2.88 bits per heavy atom. The molecule has 1 heterocycles. The Bertz CT molecular complexity index is 577. The summed E-state index contributed by atoms with van der Waals surface area (Å²) in [6.45, 7) is 8.64. The lowest BCUT2D eigenvalue weighted by molar-refractivity contribution is 0.147. The molecule has 1 aliphatic rings. The van der Waals surface area contributed by atoms with Crippen molar-refractivity contribution in [2.45, 2.75) is 52.1 Å². The Balaban J connectivity index is 1.90. The van der Waals surface area contributed by atoms with Gasteiger partial charge >= 0.3 is 0 Å². The lowest BCUT2D eigenvalue weighted by Crippen LogP contribution is -2.45. The summed E-state index contributed by atoms with van der Waals surface area (Å²) in [6, 6.07) is 6.20. The second-order valence-electron chi connectivity index (χ2n) is 6.68. The molecule has 0 bridgehead atoms. The number of ether oxygens (including phenoxy) is 1. The van der Waals surface area contributed by atoms with Crippen molar-refractivity contribution in [2.75, 3.05) is 33.3 Å². The van der Waals surface area contributed by atoms with Crippen LogP contribution in [-0.4, -0.2) is 55.3 Å². The van der Waals surface area contributed by atoms with Gasteiger partial charge in [-0.25, -0.2) is 4.99 Å². The molecule has 6 heteroatoms. The SMILES string of the molecule is CCNC(=NCc1cccc(OC)c1O)NCCN1CCCCC1CC. The number of nitrogens with one attached hydrogen (secondary N) is 2. The number of nitrogens with zero attached hydrogens (tertiary/aromatic N) is 2. The van der Waals surface area contributed by atoms with Crippen LogP contribution in [0.15, 0.2) is 23.2 Å². The number of guanidine groups is 1. The van der Waals surface area contributed by atoms with Gasteiger partial charge in [0.15, 0.2) is 17.5 Å². The van der Waals surface area contributed by atoms with Gasteiger partial charge in [0, 0.05) is 31.2 Å². The summed E-state index contributed by atoms with van der Waals surface area (Å²) in [4.78, 5) is 7.19. The fraction of sp³-hybridized carbons (Fsp3) is 0.650. The zero-order valence-electron chi connectivity index (χ0n) is 16.4. The van der Waals surface area contributed by atoms with Crippen molar-refractivity contribution < 1.29 is 9.84 Å². The van der Waals surface area contributed by atoms with Crippen LogP contribution in [0.1, 0.15) is 45.1 Å². The number of hydrogen-bond donors (Lipinski definition) is 3. The highest BCUT2D eigenvalue weighted by Gasteiger charge is 2.19. The van der Waals surface area contributed by atoms with Gasteiger partial charge in [-0.1, -0.05) is 25.5 Å². The maximum absolute atomic E-state index is 10.2. The Morgan fingerprint density at radius 1 is 1.31 bits per heavy atom. The van der Waals surface area contributed by atoms with Crippen molar-refractivity contribution in [2.24, 2.45) is 4.99 Å². The van der Waals surface area contributed by atoms with Gasteiger partial charge in [-0.2, -0.15) is 0 Å². The molecule has 0 saturated carbocycles. The van der Waals surface area contributed by atoms with E-state index >= 15 is 0 Å². The van der Waals surface area contributed by atoms with Gasteiger partial charge in [0.05, 0.1) is 13.7 Å². The molecule has 6 nitrogen and oxygen atoms in total. The minimum Gasteiger partial charge on any atom is -0.504 e. The first-order chi connectivity index (χ1) is 12.7. The third-order valence-electron chi connectivity index (χ3n) is 4.97. The van der Waals surface area contributed by atoms with E-state index in [1.807, 2.05) is 12.1 Å². The largest absolute Gasteiger partial charge is 0.504 e. The van der Waals surface area contributed by atoms with Gasteiger partial charge in [0.1, 0.15) is 0 Å². The molecular weight excluding hydrogens is 328 g/mol. The minimum atomic E-state index is 0.161. The molecule has 1 atom stereocenters. The molecule has 0 spiro atoms. The summed E-state index contributed by atoms with van der Waals surface area (Å²) in [7, 11) is 1.55. The second kappa shape index (κ2) is 10.9. The molecule has 1 aliphatic heterocycles. The van der Waals surface area contributed by atoms with Crippen molar-refractivity contribution in [3.63, 3.8) is 0 Å². The van der Waals surface area contributed by atoms with Crippen LogP contribution in [0.4, 0.5) is 0 Å². The minimum absolute atomic E-state index is 0.161. The standard InChI is InChI=1S/C20H34N4O2/c1-4-17-10-6-7-13-24(17)14-12-22-20(21-5-2)23-15-16-9-8-11-18(26-3)19(16)25/h8-9,11,17,25H,4-7,10,12-15H2,1-3H3,(H2,21,22,23). The van der Waals surface area contributed by atoms with Gasteiger partial charge in [-0.3, -0.25) is 4.90 Å². The Hall–Kier alpha value is -1.95. The van der Waals surface area contributed by atoms with Gasteiger partial charge in [-0.15, -0.1) is 0 Å². The number of benzene rings is 1. The van der Waals surface area contributed by atoms with Gasteiger partial charge < -0.3 is 20.5 Å². The van der Waals surface area contributed by atoms with E-state index in [0.717, 1.165) is 37.2 Å². The number of piperidine rings is 1. The molecule has 0 aliphatic carbocycles. The predicted octanol–water partition coefficient (Wildman–Crippen LogP) is 2.72. The molecule has 26 heavy (non-hydrogen) atoms. The highest BCUT2D eigenvalue weighted by atomic mass is 16.5. The lowest BCUT2D eigenvalue weighted by Gasteiger charge is -2.35. The van der Waals surface area contributed by atoms with Crippen LogP contribution in [-0.2, 0) is 6.54 Å². The second-order valence-corrected chi connectivity index (χ2v) is 6.68. The smallest absolute Gasteiger partial charge is 0.191 e. The molecular formula is C20H34N4O2. The van der Waals surface area contributed by atoms with Crippen LogP contribution in [0, 0.1) is 0 Å². The molecule has 2 rings (SSSR count). The monoisotopic (exact) mass is 362 g/mol. The molecule has 146 valence electrons. The topological polar surface area (TPSA) is 69.1 Å². The maximum atomic E-state index is 10.2. The van der Waals surface area contributed by atoms with Crippen LogP contribution in [0.5, 0.6) is 11.5 Å². The van der Waals surface area contributed by atoms with E-state index in [9.17, 15) is 5.11 Å². The average molecular weight is 363 g/mol. The molecule has 0 amide bonds. The van der Waals surface area contributed by atoms with E-state index in [-0.39, 0.29) is 5.75 Å². The number of methoxy groups -OCH3 is 1. The first kappa shape index (κ1) is 20.4. The summed E-state index contributed by atoms with van der Waals surface area (Å²) in [5, 5.41) is 16.9. The third kappa shape index (κ3) is 5.80. The molecule has 0 radical (unpaired) electrons. The van der Waals surface area contributed by atoms with Crippen molar-refractivity contribution in [1.82, 2.24) is 15.5 Å². The van der Waals surface area contributed by atoms with E-state index in [0.29, 0.717) is 12.3 Å². The van der Waals surface area contributed by atoms with Crippen LogP contribution < -0.4 is 15.4 Å². The maximum Gasteiger partial charge on any atom is 0.191 e. The predicted molar refractivity (Wildman–Crippen MR) is 107 cm³/mol. The molecule has 1 unspecified atom stereocenters. The first-order valence-electron chi connectivity index (χ1n) is 9.80. The summed E-state index contributed by atoms with van der Waals surface area (Å²) in [6.07, 6.45) is 5.21. The Kier molecular flexibility index (Phi) is 8.54. The molecule has 0 aromatic heterocycles. The van der Waals surface area contributed by atoms with E-state index in [1.165, 1.54) is 32.2 Å². The van der Waals surface area contributed by atoms with E-state index in [1.54, 1.807) is 13.2 Å². The van der Waals surface area contributed by atoms with Crippen molar-refractivity contribution >= 4 is 5.96 Å². The number of likely N-dealkylation sites (tertiary alicyclic amines) is 1. The van der Waals surface area contributed by atoms with Gasteiger partial charge in [-0.05, 0) is 38.8 Å². The summed E-state index contributed by atoms with van der Waals surface area (Å²) in [5.74, 6) is 1.42. The third-order valence-corrected chi connectivity index (χ3v) is 4.97. The van der Waals surface area contributed by atoms with Gasteiger partial charge in [0.2, 0.25) is 0 Å². The zero-order chi connectivity index (χ0) is 18.8. The normalized spacial score (nSPS) is 18.6.